The summed E-state index contributed by atoms with van der Waals surface area (Å²) in [6, 6.07) is 5.55. The van der Waals surface area contributed by atoms with Crippen LogP contribution < -0.4 is 10.5 Å². The lowest BCUT2D eigenvalue weighted by molar-refractivity contribution is 0.494. The highest BCUT2D eigenvalue weighted by Gasteiger charge is 2.26. The van der Waals surface area contributed by atoms with E-state index in [2.05, 4.69) is 4.72 Å². The monoisotopic (exact) mass is 308 g/mol. The Morgan fingerprint density at radius 1 is 1.14 bits per heavy atom. The van der Waals surface area contributed by atoms with Gasteiger partial charge in [0.15, 0.2) is 0 Å². The largest absolute Gasteiger partial charge is 0.465 e. The number of nitrogens with two attached hydrogens (primary N) is 1. The smallest absolute Gasteiger partial charge is 0.265 e. The normalized spacial score (nSPS) is 11.7. The van der Waals surface area contributed by atoms with Gasteiger partial charge in [0, 0.05) is 12.1 Å². The number of hydrogen-bond donors (Lipinski definition) is 2. The highest BCUT2D eigenvalue weighted by Crippen LogP contribution is 2.29. The molecule has 114 valence electrons. The van der Waals surface area contributed by atoms with E-state index in [1.54, 1.807) is 19.9 Å². The first-order chi connectivity index (χ1) is 9.76. The molecule has 0 unspecified atom stereocenters. The van der Waals surface area contributed by atoms with Gasteiger partial charge in [0.05, 0.1) is 5.69 Å². The fourth-order valence-electron chi connectivity index (χ4n) is 2.42. The van der Waals surface area contributed by atoms with E-state index < -0.39 is 10.0 Å². The molecule has 0 radical (unpaired) electrons. The van der Waals surface area contributed by atoms with Gasteiger partial charge in [0.25, 0.3) is 10.0 Å². The molecule has 0 saturated heterocycles. The lowest BCUT2D eigenvalue weighted by Crippen LogP contribution is -2.17. The molecular weight excluding hydrogens is 288 g/mol. The molecule has 0 spiro atoms. The maximum Gasteiger partial charge on any atom is 0.265 e. The Morgan fingerprint density at radius 2 is 1.81 bits per heavy atom. The van der Waals surface area contributed by atoms with Crippen molar-refractivity contribution >= 4 is 15.7 Å². The number of nitrogens with one attached hydrogen (secondary N) is 1. The van der Waals surface area contributed by atoms with Crippen molar-refractivity contribution in [3.8, 4) is 0 Å². The zero-order valence-corrected chi connectivity index (χ0v) is 13.5. The summed E-state index contributed by atoms with van der Waals surface area (Å²) in [6.45, 7) is 7.28. The van der Waals surface area contributed by atoms with Crippen LogP contribution in [0.15, 0.2) is 27.5 Å². The first kappa shape index (κ1) is 15.6. The van der Waals surface area contributed by atoms with Crippen molar-refractivity contribution in [2.24, 2.45) is 5.73 Å². The molecule has 0 saturated carbocycles. The molecule has 0 aliphatic rings. The van der Waals surface area contributed by atoms with Crippen LogP contribution in [0.2, 0.25) is 0 Å². The second-order valence-electron chi connectivity index (χ2n) is 5.15. The Kier molecular flexibility index (Phi) is 4.11. The molecule has 1 aromatic carbocycles. The van der Waals surface area contributed by atoms with Crippen LogP contribution in [-0.2, 0) is 16.6 Å². The van der Waals surface area contributed by atoms with Gasteiger partial charge in [0.2, 0.25) is 0 Å². The number of furan rings is 1. The number of anilines is 1. The minimum absolute atomic E-state index is 0.117. The summed E-state index contributed by atoms with van der Waals surface area (Å²) < 4.78 is 33.3. The molecule has 21 heavy (non-hydrogen) atoms. The van der Waals surface area contributed by atoms with E-state index in [0.717, 1.165) is 11.1 Å². The summed E-state index contributed by atoms with van der Waals surface area (Å²) in [6.07, 6.45) is 0. The quantitative estimate of drug-likeness (QED) is 0.909. The second kappa shape index (κ2) is 5.54. The molecular formula is C15H20N2O3S. The molecule has 1 heterocycles. The van der Waals surface area contributed by atoms with Crippen LogP contribution in [0.3, 0.4) is 0 Å². The molecule has 2 aromatic rings. The molecule has 0 amide bonds. The standard InChI is InChI=1S/C15H20N2O3S/c1-9-5-6-14(10(2)7-9)17-21(18,19)15-12(4)20-11(3)13(15)8-16/h5-7,17H,8,16H2,1-4H3. The van der Waals surface area contributed by atoms with Crippen molar-refractivity contribution in [2.45, 2.75) is 39.1 Å². The van der Waals surface area contributed by atoms with Crippen LogP contribution >= 0.6 is 0 Å². The van der Waals surface area contributed by atoms with Gasteiger partial charge in [-0.3, -0.25) is 4.72 Å². The number of sulfonamides is 1. The highest BCUT2D eigenvalue weighted by molar-refractivity contribution is 7.92. The summed E-state index contributed by atoms with van der Waals surface area (Å²) in [5.41, 5.74) is 8.67. The van der Waals surface area contributed by atoms with Gasteiger partial charge in [-0.25, -0.2) is 8.42 Å². The lowest BCUT2D eigenvalue weighted by Gasteiger charge is -2.11. The van der Waals surface area contributed by atoms with Crippen LogP contribution in [0.4, 0.5) is 5.69 Å². The number of benzene rings is 1. The van der Waals surface area contributed by atoms with E-state index in [1.165, 1.54) is 0 Å². The fourth-order valence-corrected chi connectivity index (χ4v) is 4.01. The molecule has 3 N–H and O–H groups in total. The number of aryl methyl sites for hydroxylation is 4. The third-order valence-corrected chi connectivity index (χ3v) is 4.98. The zero-order valence-electron chi connectivity index (χ0n) is 12.6. The molecule has 6 heteroatoms. The maximum absolute atomic E-state index is 12.6. The van der Waals surface area contributed by atoms with Gasteiger partial charge < -0.3 is 10.2 Å². The summed E-state index contributed by atoms with van der Waals surface area (Å²) in [7, 11) is -3.73. The summed E-state index contributed by atoms with van der Waals surface area (Å²) >= 11 is 0. The Bertz CT molecular complexity index is 776. The van der Waals surface area contributed by atoms with Crippen LogP contribution in [0.1, 0.15) is 28.2 Å². The topological polar surface area (TPSA) is 85.3 Å². The van der Waals surface area contributed by atoms with Crippen molar-refractivity contribution in [3.63, 3.8) is 0 Å². The van der Waals surface area contributed by atoms with E-state index >= 15 is 0 Å². The molecule has 0 bridgehead atoms. The van der Waals surface area contributed by atoms with Crippen LogP contribution in [-0.4, -0.2) is 8.42 Å². The van der Waals surface area contributed by atoms with Gasteiger partial charge in [-0.2, -0.15) is 0 Å². The van der Waals surface area contributed by atoms with Crippen LogP contribution in [0, 0.1) is 27.7 Å². The van der Waals surface area contributed by atoms with Gasteiger partial charge in [0.1, 0.15) is 16.4 Å². The summed E-state index contributed by atoms with van der Waals surface area (Å²) in [4.78, 5) is 0.141. The van der Waals surface area contributed by atoms with E-state index in [0.29, 0.717) is 22.8 Å². The first-order valence-electron chi connectivity index (χ1n) is 6.65. The maximum atomic E-state index is 12.6. The minimum atomic E-state index is -3.73. The predicted octanol–water partition coefficient (Wildman–Crippen LogP) is 2.77. The number of hydrogen-bond acceptors (Lipinski definition) is 4. The molecule has 0 atom stereocenters. The third-order valence-electron chi connectivity index (χ3n) is 3.42. The van der Waals surface area contributed by atoms with Gasteiger partial charge >= 0.3 is 0 Å². The Hall–Kier alpha value is -1.79. The van der Waals surface area contributed by atoms with E-state index in [1.807, 2.05) is 26.0 Å². The first-order valence-corrected chi connectivity index (χ1v) is 8.13. The minimum Gasteiger partial charge on any atom is -0.465 e. The van der Waals surface area contributed by atoms with Crippen molar-refractivity contribution in [1.29, 1.82) is 0 Å². The summed E-state index contributed by atoms with van der Waals surface area (Å²) in [5, 5.41) is 0. The SMILES string of the molecule is Cc1ccc(NS(=O)(=O)c2c(C)oc(C)c2CN)c(C)c1. The van der Waals surface area contributed by atoms with Gasteiger partial charge in [-0.15, -0.1) is 0 Å². The Balaban J connectivity index is 2.48. The highest BCUT2D eigenvalue weighted by atomic mass is 32.2. The molecule has 0 aliphatic heterocycles. The van der Waals surface area contributed by atoms with Crippen molar-refractivity contribution in [3.05, 3.63) is 46.4 Å². The molecule has 5 nitrogen and oxygen atoms in total. The van der Waals surface area contributed by atoms with E-state index in [9.17, 15) is 8.42 Å². The predicted molar refractivity (Wildman–Crippen MR) is 82.8 cm³/mol. The molecule has 0 fully saturated rings. The van der Waals surface area contributed by atoms with E-state index in [4.69, 9.17) is 10.2 Å². The lowest BCUT2D eigenvalue weighted by atomic mass is 10.1. The molecule has 0 aliphatic carbocycles. The summed E-state index contributed by atoms with van der Waals surface area (Å²) in [5.74, 6) is 0.890. The van der Waals surface area contributed by atoms with E-state index in [-0.39, 0.29) is 11.4 Å². The van der Waals surface area contributed by atoms with Gasteiger partial charge in [-0.1, -0.05) is 17.7 Å². The molecule has 1 aromatic heterocycles. The Morgan fingerprint density at radius 3 is 2.38 bits per heavy atom. The Labute approximate surface area is 125 Å². The third kappa shape index (κ3) is 2.96. The van der Waals surface area contributed by atoms with Crippen LogP contribution in [0.5, 0.6) is 0 Å². The second-order valence-corrected chi connectivity index (χ2v) is 6.77. The number of rotatable bonds is 4. The average molecular weight is 308 g/mol. The molecule has 2 rings (SSSR count). The average Bonchev–Trinajstić information content (AvgIpc) is 2.67. The fraction of sp³-hybridized carbons (Fsp3) is 0.333. The van der Waals surface area contributed by atoms with Crippen molar-refractivity contribution in [2.75, 3.05) is 4.72 Å². The van der Waals surface area contributed by atoms with Crippen molar-refractivity contribution in [1.82, 2.24) is 0 Å². The van der Waals surface area contributed by atoms with Crippen LogP contribution in [0.25, 0.3) is 0 Å². The zero-order chi connectivity index (χ0) is 15.8. The van der Waals surface area contributed by atoms with Gasteiger partial charge in [-0.05, 0) is 39.3 Å². The van der Waals surface area contributed by atoms with Crippen molar-refractivity contribution < 1.29 is 12.8 Å².